The number of carbonyl (C=O) groups excluding carboxylic acids is 1. The fourth-order valence-corrected chi connectivity index (χ4v) is 4.05. The summed E-state index contributed by atoms with van der Waals surface area (Å²) in [6.45, 7) is 3.84. The van der Waals surface area contributed by atoms with Crippen molar-refractivity contribution in [3.05, 3.63) is 54.6 Å². The molecule has 1 heterocycles. The topological polar surface area (TPSA) is 26.3 Å². The van der Waals surface area contributed by atoms with E-state index in [0.717, 1.165) is 5.75 Å². The van der Waals surface area contributed by atoms with Gasteiger partial charge in [0.15, 0.2) is 0 Å². The van der Waals surface area contributed by atoms with Crippen molar-refractivity contribution in [1.29, 1.82) is 0 Å². The maximum Gasteiger partial charge on any atom is 0.144 e. The predicted octanol–water partition coefficient (Wildman–Crippen LogP) is 3.25. The molecule has 0 saturated heterocycles. The third kappa shape index (κ3) is 1.24. The maximum atomic E-state index is 12.6. The van der Waals surface area contributed by atoms with Gasteiger partial charge in [-0.05, 0) is 12.5 Å². The molecule has 0 N–H and O–H groups in total. The lowest BCUT2D eigenvalue weighted by Gasteiger charge is -2.47. The molecule has 3 aliphatic carbocycles. The lowest BCUT2D eigenvalue weighted by Crippen LogP contribution is -2.52. The summed E-state index contributed by atoms with van der Waals surface area (Å²) in [6.07, 6.45) is 7.61. The Balaban J connectivity index is 1.92. The van der Waals surface area contributed by atoms with E-state index in [4.69, 9.17) is 4.74 Å². The molecule has 2 heteroatoms. The largest absolute Gasteiger partial charge is 0.489 e. The molecular weight excluding hydrogens is 236 g/mol. The highest BCUT2D eigenvalue weighted by Crippen LogP contribution is 2.59. The van der Waals surface area contributed by atoms with Gasteiger partial charge in [-0.15, -0.1) is 6.58 Å². The normalized spacial score (nSPS) is 37.7. The van der Waals surface area contributed by atoms with Crippen LogP contribution in [0.5, 0.6) is 5.75 Å². The lowest BCUT2D eigenvalue weighted by molar-refractivity contribution is -0.135. The van der Waals surface area contributed by atoms with E-state index >= 15 is 0 Å². The van der Waals surface area contributed by atoms with Crippen LogP contribution in [-0.2, 0) is 4.79 Å². The van der Waals surface area contributed by atoms with Crippen LogP contribution in [-0.4, -0.2) is 11.9 Å². The molecule has 1 fully saturated rings. The molecule has 5 rings (SSSR count). The molecule has 0 unspecified atom stereocenters. The first-order chi connectivity index (χ1) is 9.26. The maximum absolute atomic E-state index is 12.6. The molecule has 1 aliphatic heterocycles. The Morgan fingerprint density at radius 3 is 3.05 bits per heavy atom. The lowest BCUT2D eigenvalue weighted by atomic mass is 9.54. The van der Waals surface area contributed by atoms with Gasteiger partial charge in [0.25, 0.3) is 0 Å². The number of carbonyl (C=O) groups is 1. The zero-order valence-electron chi connectivity index (χ0n) is 10.7. The number of benzene rings is 1. The van der Waals surface area contributed by atoms with Crippen LogP contribution in [0.1, 0.15) is 24.3 Å². The Kier molecular flexibility index (Phi) is 2.09. The van der Waals surface area contributed by atoms with Crippen molar-refractivity contribution in [3.8, 4) is 5.75 Å². The van der Waals surface area contributed by atoms with E-state index in [9.17, 15) is 4.79 Å². The van der Waals surface area contributed by atoms with Crippen LogP contribution in [0.15, 0.2) is 49.1 Å². The van der Waals surface area contributed by atoms with Crippen molar-refractivity contribution >= 4 is 5.78 Å². The first-order valence-corrected chi connectivity index (χ1v) is 6.85. The Labute approximate surface area is 112 Å². The monoisotopic (exact) mass is 252 g/mol. The highest BCUT2D eigenvalue weighted by Gasteiger charge is 2.59. The van der Waals surface area contributed by atoms with E-state index in [2.05, 4.69) is 24.8 Å². The minimum absolute atomic E-state index is 0.125. The molecule has 0 radical (unpaired) electrons. The first kappa shape index (κ1) is 11.0. The Morgan fingerprint density at radius 2 is 2.26 bits per heavy atom. The smallest absolute Gasteiger partial charge is 0.144 e. The number of allylic oxidation sites excluding steroid dienone is 2. The highest BCUT2D eigenvalue weighted by atomic mass is 16.5. The number of ether oxygens (including phenoxy) is 1. The second-order valence-corrected chi connectivity index (χ2v) is 5.78. The van der Waals surface area contributed by atoms with Gasteiger partial charge in [-0.1, -0.05) is 36.4 Å². The first-order valence-electron chi connectivity index (χ1n) is 6.85. The summed E-state index contributed by atoms with van der Waals surface area (Å²) < 4.78 is 6.13. The molecule has 1 aromatic carbocycles. The summed E-state index contributed by atoms with van der Waals surface area (Å²) >= 11 is 0. The molecule has 19 heavy (non-hydrogen) atoms. The van der Waals surface area contributed by atoms with Crippen LogP contribution < -0.4 is 4.74 Å². The van der Waals surface area contributed by atoms with Crippen molar-refractivity contribution in [2.24, 2.45) is 11.3 Å². The summed E-state index contributed by atoms with van der Waals surface area (Å²) in [4.78, 5) is 12.6. The van der Waals surface area contributed by atoms with Gasteiger partial charge in [0.1, 0.15) is 17.6 Å². The standard InChI is InChI=1S/C17H16O2/c1-2-8-17-9-7-11(10-14(17)18)16-15(17)12-5-3-4-6-13(12)19-16/h2-7,9,11,15-16H,1,8,10H2/t11-,15-,16-,17+/m1/s1. The Morgan fingerprint density at radius 1 is 1.42 bits per heavy atom. The minimum atomic E-state index is -0.423. The molecular formula is C17H16O2. The van der Waals surface area contributed by atoms with Gasteiger partial charge in [-0.2, -0.15) is 0 Å². The summed E-state index contributed by atoms with van der Waals surface area (Å²) in [5.41, 5.74) is 0.769. The fraction of sp³-hybridized carbons (Fsp3) is 0.353. The van der Waals surface area contributed by atoms with Gasteiger partial charge in [0.2, 0.25) is 0 Å². The van der Waals surface area contributed by atoms with Crippen LogP contribution in [0, 0.1) is 11.3 Å². The average molecular weight is 252 g/mol. The molecule has 4 aliphatic rings. The van der Waals surface area contributed by atoms with Crippen molar-refractivity contribution < 1.29 is 9.53 Å². The number of fused-ring (bicyclic) bond motifs is 2. The quantitative estimate of drug-likeness (QED) is 0.755. The zero-order valence-corrected chi connectivity index (χ0v) is 10.7. The molecule has 4 atom stereocenters. The minimum Gasteiger partial charge on any atom is -0.489 e. The molecule has 96 valence electrons. The van der Waals surface area contributed by atoms with E-state index in [1.165, 1.54) is 5.56 Å². The molecule has 1 saturated carbocycles. The van der Waals surface area contributed by atoms with Crippen molar-refractivity contribution in [3.63, 3.8) is 0 Å². The van der Waals surface area contributed by atoms with Crippen LogP contribution in [0.4, 0.5) is 0 Å². The van der Waals surface area contributed by atoms with E-state index < -0.39 is 5.41 Å². The highest BCUT2D eigenvalue weighted by molar-refractivity contribution is 5.91. The van der Waals surface area contributed by atoms with Crippen LogP contribution in [0.3, 0.4) is 0 Å². The average Bonchev–Trinajstić information content (AvgIpc) is 2.82. The molecule has 0 spiro atoms. The van der Waals surface area contributed by atoms with Gasteiger partial charge in [0, 0.05) is 23.8 Å². The van der Waals surface area contributed by atoms with Crippen LogP contribution >= 0.6 is 0 Å². The van der Waals surface area contributed by atoms with Crippen LogP contribution in [0.25, 0.3) is 0 Å². The molecule has 1 aromatic rings. The van der Waals surface area contributed by atoms with E-state index in [1.807, 2.05) is 24.3 Å². The molecule has 0 aromatic heterocycles. The number of hydrogen-bond donors (Lipinski definition) is 0. The van der Waals surface area contributed by atoms with E-state index in [0.29, 0.717) is 18.6 Å². The number of hydrogen-bond acceptors (Lipinski definition) is 2. The van der Waals surface area contributed by atoms with Gasteiger partial charge >= 0.3 is 0 Å². The molecule has 0 amide bonds. The summed E-state index contributed by atoms with van der Waals surface area (Å²) in [6, 6.07) is 8.14. The van der Waals surface area contributed by atoms with E-state index in [-0.39, 0.29) is 17.9 Å². The number of Topliss-reactive ketones (excluding diaryl/α,β-unsaturated/α-hetero) is 1. The van der Waals surface area contributed by atoms with E-state index in [1.54, 1.807) is 0 Å². The third-order valence-corrected chi connectivity index (χ3v) is 4.89. The summed E-state index contributed by atoms with van der Waals surface area (Å²) in [5.74, 6) is 1.70. The Bertz CT molecular complexity index is 601. The second-order valence-electron chi connectivity index (χ2n) is 5.78. The SMILES string of the molecule is C=CC[C@]12C=C[C@H](CC1=O)[C@H]1Oc3ccccc3[C@H]12. The van der Waals surface area contributed by atoms with Gasteiger partial charge in [-0.25, -0.2) is 0 Å². The summed E-state index contributed by atoms with van der Waals surface area (Å²) in [5, 5.41) is 0. The number of rotatable bonds is 2. The van der Waals surface area contributed by atoms with Crippen molar-refractivity contribution in [1.82, 2.24) is 0 Å². The molecule has 2 nitrogen and oxygen atoms in total. The second kappa shape index (κ2) is 3.60. The van der Waals surface area contributed by atoms with Crippen LogP contribution in [0.2, 0.25) is 0 Å². The number of ketones is 1. The summed E-state index contributed by atoms with van der Waals surface area (Å²) in [7, 11) is 0. The third-order valence-electron chi connectivity index (χ3n) is 4.89. The fourth-order valence-electron chi connectivity index (χ4n) is 4.05. The van der Waals surface area contributed by atoms with Crippen molar-refractivity contribution in [2.75, 3.05) is 0 Å². The predicted molar refractivity (Wildman–Crippen MR) is 73.1 cm³/mol. The van der Waals surface area contributed by atoms with Gasteiger partial charge in [0.05, 0.1) is 5.41 Å². The number of para-hydroxylation sites is 1. The Hall–Kier alpha value is -1.83. The van der Waals surface area contributed by atoms with Gasteiger partial charge in [-0.3, -0.25) is 4.79 Å². The van der Waals surface area contributed by atoms with Crippen molar-refractivity contribution in [2.45, 2.75) is 24.9 Å². The zero-order chi connectivity index (χ0) is 13.0. The molecule has 2 bridgehead atoms. The van der Waals surface area contributed by atoms with Gasteiger partial charge < -0.3 is 4.74 Å².